The number of aromatic nitrogens is 3. The van der Waals surface area contributed by atoms with Crippen molar-refractivity contribution in [3.05, 3.63) is 72.8 Å². The number of benzene rings is 1. The maximum Gasteiger partial charge on any atom is 0.320 e. The molecule has 0 amide bonds. The van der Waals surface area contributed by atoms with Crippen molar-refractivity contribution in [2.45, 2.75) is 18.9 Å². The monoisotopic (exact) mass is 352 g/mol. The largest absolute Gasteiger partial charge is 0.508 e. The Kier molecular flexibility index (Phi) is 6.75. The minimum absolute atomic E-state index is 0.160. The van der Waals surface area contributed by atoms with Crippen molar-refractivity contribution in [2.75, 3.05) is 0 Å². The Morgan fingerprint density at radius 1 is 1.23 bits per heavy atom. The van der Waals surface area contributed by atoms with E-state index in [9.17, 15) is 4.79 Å². The van der Waals surface area contributed by atoms with E-state index in [0.29, 0.717) is 0 Å². The molecule has 0 spiro atoms. The summed E-state index contributed by atoms with van der Waals surface area (Å²) in [7, 11) is 0. The summed E-state index contributed by atoms with van der Waals surface area (Å²) in [5.41, 5.74) is 8.04. The number of pyridine rings is 1. The van der Waals surface area contributed by atoms with Gasteiger partial charge in [0.15, 0.2) is 5.65 Å². The van der Waals surface area contributed by atoms with Crippen molar-refractivity contribution in [1.29, 1.82) is 0 Å². The van der Waals surface area contributed by atoms with Crippen LogP contribution in [0.15, 0.2) is 61.7 Å². The molecule has 2 heterocycles. The Morgan fingerprint density at radius 2 is 1.96 bits per heavy atom. The molecule has 134 valence electrons. The van der Waals surface area contributed by atoms with Crippen LogP contribution in [0.4, 0.5) is 0 Å². The van der Waals surface area contributed by atoms with Gasteiger partial charge in [0, 0.05) is 17.8 Å². The Hall–Kier alpha value is -3.32. The van der Waals surface area contributed by atoms with Crippen LogP contribution in [0.5, 0.6) is 5.75 Å². The van der Waals surface area contributed by atoms with E-state index in [1.165, 1.54) is 24.0 Å². The molecular weight excluding hydrogens is 332 g/mol. The van der Waals surface area contributed by atoms with Crippen molar-refractivity contribution in [3.63, 3.8) is 0 Å². The second-order valence-corrected chi connectivity index (χ2v) is 5.54. The van der Waals surface area contributed by atoms with Gasteiger partial charge in [0.25, 0.3) is 0 Å². The SMILES string of the molecule is C=CCc1ccnc2ncncc12.N[C@@H](Cc1ccc(O)cc1)C(=O)O. The number of allylic oxidation sites excluding steroid dienone is 1. The zero-order valence-electron chi connectivity index (χ0n) is 14.1. The lowest BCUT2D eigenvalue weighted by Gasteiger charge is -2.05. The van der Waals surface area contributed by atoms with E-state index in [-0.39, 0.29) is 12.2 Å². The summed E-state index contributed by atoms with van der Waals surface area (Å²) in [6, 6.07) is 7.39. The number of carbonyl (C=O) groups is 1. The predicted octanol–water partition coefficient (Wildman–Crippen LogP) is 2.10. The van der Waals surface area contributed by atoms with Crippen LogP contribution in [-0.2, 0) is 17.6 Å². The topological polar surface area (TPSA) is 122 Å². The molecule has 7 nitrogen and oxygen atoms in total. The molecule has 0 bridgehead atoms. The molecule has 2 aromatic heterocycles. The summed E-state index contributed by atoms with van der Waals surface area (Å²) in [5, 5.41) is 18.5. The van der Waals surface area contributed by atoms with E-state index in [1.54, 1.807) is 24.5 Å². The fraction of sp³-hybridized carbons (Fsp3) is 0.158. The Bertz CT molecular complexity index is 876. The summed E-state index contributed by atoms with van der Waals surface area (Å²) >= 11 is 0. The van der Waals surface area contributed by atoms with Gasteiger partial charge in [-0.3, -0.25) is 4.79 Å². The standard InChI is InChI=1S/C10H9N3.C9H11NO3/c1-2-3-8-4-5-12-10-9(8)6-11-7-13-10;10-8(9(12)13)5-6-1-3-7(11)4-2-6/h2,4-7H,1,3H2;1-4,8,11H,5,10H2,(H,12,13)/t;8-/m.0/s1. The molecule has 1 aromatic carbocycles. The number of nitrogens with two attached hydrogens (primary N) is 1. The molecule has 0 unspecified atom stereocenters. The van der Waals surface area contributed by atoms with Crippen molar-refractivity contribution in [2.24, 2.45) is 5.73 Å². The third kappa shape index (κ3) is 5.35. The van der Waals surface area contributed by atoms with Crippen molar-refractivity contribution in [3.8, 4) is 5.75 Å². The summed E-state index contributed by atoms with van der Waals surface area (Å²) in [5.74, 6) is -0.860. The van der Waals surface area contributed by atoms with Crippen LogP contribution in [0.1, 0.15) is 11.1 Å². The third-order valence-corrected chi connectivity index (χ3v) is 3.58. The van der Waals surface area contributed by atoms with Crippen LogP contribution in [0, 0.1) is 0 Å². The highest BCUT2D eigenvalue weighted by molar-refractivity contribution is 5.77. The van der Waals surface area contributed by atoms with E-state index in [1.807, 2.05) is 12.1 Å². The number of carboxylic acid groups (broad SMARTS) is 1. The predicted molar refractivity (Wildman–Crippen MR) is 98.7 cm³/mol. The van der Waals surface area contributed by atoms with Crippen molar-refractivity contribution >= 4 is 17.0 Å². The van der Waals surface area contributed by atoms with Gasteiger partial charge in [-0.05, 0) is 42.2 Å². The molecule has 0 aliphatic carbocycles. The molecule has 0 saturated heterocycles. The van der Waals surface area contributed by atoms with E-state index < -0.39 is 12.0 Å². The quantitative estimate of drug-likeness (QED) is 0.601. The molecular formula is C19H20N4O3. The van der Waals surface area contributed by atoms with E-state index in [2.05, 4.69) is 21.5 Å². The number of hydrogen-bond acceptors (Lipinski definition) is 6. The highest BCUT2D eigenvalue weighted by Gasteiger charge is 2.11. The summed E-state index contributed by atoms with van der Waals surface area (Å²) in [6.45, 7) is 3.70. The number of carboxylic acids is 1. The Morgan fingerprint density at radius 3 is 2.62 bits per heavy atom. The van der Waals surface area contributed by atoms with Gasteiger partial charge in [-0.1, -0.05) is 18.2 Å². The first-order chi connectivity index (χ1) is 12.5. The van der Waals surface area contributed by atoms with Gasteiger partial charge in [0.2, 0.25) is 0 Å². The highest BCUT2D eigenvalue weighted by atomic mass is 16.4. The van der Waals surface area contributed by atoms with Gasteiger partial charge in [-0.15, -0.1) is 6.58 Å². The maximum atomic E-state index is 10.4. The van der Waals surface area contributed by atoms with Crippen LogP contribution in [-0.4, -0.2) is 37.2 Å². The fourth-order valence-electron chi connectivity index (χ4n) is 2.25. The smallest absolute Gasteiger partial charge is 0.320 e. The zero-order valence-corrected chi connectivity index (χ0v) is 14.1. The number of aliphatic carboxylic acids is 1. The van der Waals surface area contributed by atoms with Gasteiger partial charge in [-0.2, -0.15) is 0 Å². The Labute approximate surface area is 150 Å². The molecule has 0 saturated carbocycles. The van der Waals surface area contributed by atoms with Crippen LogP contribution in [0.25, 0.3) is 11.0 Å². The lowest BCUT2D eigenvalue weighted by molar-refractivity contribution is -0.138. The number of nitrogens with zero attached hydrogens (tertiary/aromatic N) is 3. The maximum absolute atomic E-state index is 10.4. The number of rotatable bonds is 5. The van der Waals surface area contributed by atoms with Crippen LogP contribution >= 0.6 is 0 Å². The van der Waals surface area contributed by atoms with Gasteiger partial charge >= 0.3 is 5.97 Å². The summed E-state index contributed by atoms with van der Waals surface area (Å²) < 4.78 is 0. The van der Waals surface area contributed by atoms with E-state index >= 15 is 0 Å². The third-order valence-electron chi connectivity index (χ3n) is 3.58. The minimum Gasteiger partial charge on any atom is -0.508 e. The number of hydrogen-bond donors (Lipinski definition) is 3. The molecule has 3 rings (SSSR count). The van der Waals surface area contributed by atoms with Gasteiger partial charge in [0.05, 0.1) is 0 Å². The molecule has 0 fully saturated rings. The molecule has 1 atom stereocenters. The van der Waals surface area contributed by atoms with E-state index in [0.717, 1.165) is 23.0 Å². The fourth-order valence-corrected chi connectivity index (χ4v) is 2.25. The van der Waals surface area contributed by atoms with Gasteiger partial charge in [-0.25, -0.2) is 15.0 Å². The second kappa shape index (κ2) is 9.24. The molecule has 26 heavy (non-hydrogen) atoms. The average molecular weight is 352 g/mol. The summed E-state index contributed by atoms with van der Waals surface area (Å²) in [4.78, 5) is 22.6. The second-order valence-electron chi connectivity index (χ2n) is 5.54. The first-order valence-corrected chi connectivity index (χ1v) is 7.92. The first-order valence-electron chi connectivity index (χ1n) is 7.92. The van der Waals surface area contributed by atoms with Crippen molar-refractivity contribution in [1.82, 2.24) is 15.0 Å². The van der Waals surface area contributed by atoms with Crippen LogP contribution < -0.4 is 5.73 Å². The number of phenols is 1. The molecule has 3 aromatic rings. The van der Waals surface area contributed by atoms with Crippen LogP contribution in [0.2, 0.25) is 0 Å². The van der Waals surface area contributed by atoms with Crippen LogP contribution in [0.3, 0.4) is 0 Å². The number of phenolic OH excluding ortho intramolecular Hbond substituents is 1. The van der Waals surface area contributed by atoms with Gasteiger partial charge < -0.3 is 15.9 Å². The lowest BCUT2D eigenvalue weighted by Crippen LogP contribution is -2.32. The Balaban J connectivity index is 0.000000187. The number of aromatic hydroxyl groups is 1. The first kappa shape index (κ1) is 19.0. The molecule has 0 radical (unpaired) electrons. The summed E-state index contributed by atoms with van der Waals surface area (Å²) in [6.07, 6.45) is 8.01. The molecule has 0 aliphatic rings. The normalized spacial score (nSPS) is 11.3. The van der Waals surface area contributed by atoms with E-state index in [4.69, 9.17) is 15.9 Å². The molecule has 4 N–H and O–H groups in total. The number of fused-ring (bicyclic) bond motifs is 1. The molecule has 0 aliphatic heterocycles. The lowest BCUT2D eigenvalue weighted by atomic mass is 10.1. The highest BCUT2D eigenvalue weighted by Crippen LogP contribution is 2.13. The zero-order chi connectivity index (χ0) is 18.9. The minimum atomic E-state index is -1.02. The van der Waals surface area contributed by atoms with Gasteiger partial charge in [0.1, 0.15) is 18.1 Å². The average Bonchev–Trinajstić information content (AvgIpc) is 2.65. The van der Waals surface area contributed by atoms with Crippen molar-refractivity contribution < 1.29 is 15.0 Å². The molecule has 7 heteroatoms.